The summed E-state index contributed by atoms with van der Waals surface area (Å²) in [6, 6.07) is 5.18. The van der Waals surface area contributed by atoms with Crippen LogP contribution in [0.2, 0.25) is 10.0 Å². The fraction of sp³-hybridized carbons (Fsp3) is 0.133. The van der Waals surface area contributed by atoms with Crippen molar-refractivity contribution in [3.63, 3.8) is 0 Å². The van der Waals surface area contributed by atoms with Crippen molar-refractivity contribution in [2.75, 3.05) is 7.11 Å². The van der Waals surface area contributed by atoms with Crippen molar-refractivity contribution in [3.05, 3.63) is 46.2 Å². The lowest BCUT2D eigenvalue weighted by Crippen LogP contribution is -2.24. The zero-order valence-electron chi connectivity index (χ0n) is 12.2. The summed E-state index contributed by atoms with van der Waals surface area (Å²) in [5, 5.41) is 0.695. The maximum absolute atomic E-state index is 11.8. The second-order valence-electron chi connectivity index (χ2n) is 4.61. The predicted octanol–water partition coefficient (Wildman–Crippen LogP) is 2.41. The highest BCUT2D eigenvalue weighted by atomic mass is 35.5. The van der Waals surface area contributed by atoms with Crippen molar-refractivity contribution < 1.29 is 9.53 Å². The van der Waals surface area contributed by atoms with E-state index < -0.39 is 5.91 Å². The fourth-order valence-corrected chi connectivity index (χ4v) is 2.61. The Bertz CT molecular complexity index is 774. The third kappa shape index (κ3) is 4.12. The van der Waals surface area contributed by atoms with Gasteiger partial charge in [-0.1, -0.05) is 29.3 Å². The first-order valence-electron chi connectivity index (χ1n) is 6.51. The summed E-state index contributed by atoms with van der Waals surface area (Å²) in [5.41, 5.74) is 12.3. The summed E-state index contributed by atoms with van der Waals surface area (Å²) in [6.45, 7) is 0. The highest BCUT2D eigenvalue weighted by Gasteiger charge is 2.16. The molecule has 6 nitrogen and oxygen atoms in total. The van der Waals surface area contributed by atoms with Gasteiger partial charge in [0.05, 0.1) is 24.8 Å². The maximum Gasteiger partial charge on any atom is 0.253 e. The van der Waals surface area contributed by atoms with E-state index in [1.807, 2.05) is 0 Å². The van der Waals surface area contributed by atoms with Crippen LogP contribution in [0.25, 0.3) is 11.1 Å². The van der Waals surface area contributed by atoms with E-state index in [9.17, 15) is 4.79 Å². The number of guanidine groups is 1. The number of pyridine rings is 1. The van der Waals surface area contributed by atoms with Crippen molar-refractivity contribution in [1.29, 1.82) is 0 Å². The average Bonchev–Trinajstić information content (AvgIpc) is 2.51. The van der Waals surface area contributed by atoms with Crippen LogP contribution >= 0.6 is 23.2 Å². The first-order chi connectivity index (χ1) is 10.9. The summed E-state index contributed by atoms with van der Waals surface area (Å²) < 4.78 is 5.15. The van der Waals surface area contributed by atoms with Crippen LogP contribution < -0.4 is 16.2 Å². The number of hydrogen-bond acceptors (Lipinski definition) is 3. The maximum atomic E-state index is 11.8. The van der Waals surface area contributed by atoms with Gasteiger partial charge in [-0.3, -0.25) is 9.78 Å². The Morgan fingerprint density at radius 1 is 1.30 bits per heavy atom. The molecule has 0 saturated carbocycles. The second-order valence-corrected chi connectivity index (χ2v) is 5.39. The van der Waals surface area contributed by atoms with E-state index in [2.05, 4.69) is 9.98 Å². The number of ether oxygens (including phenoxy) is 1. The third-order valence-electron chi connectivity index (χ3n) is 3.03. The quantitative estimate of drug-likeness (QED) is 0.649. The summed E-state index contributed by atoms with van der Waals surface area (Å²) in [6.07, 6.45) is 3.11. The number of hydrogen-bond donors (Lipinski definition) is 2. The number of carbonyl (C=O) groups is 1. The number of rotatable bonds is 4. The Morgan fingerprint density at radius 2 is 2.04 bits per heavy atom. The second kappa shape index (κ2) is 7.30. The molecule has 120 valence electrons. The topological polar surface area (TPSA) is 104 Å². The highest BCUT2D eigenvalue weighted by molar-refractivity contribution is 6.38. The standard InChI is InChI=1S/C15H14Cl2N4O2/c1-23-9-4-8(6-20-7-9)10-2-3-12(16)11(14(10)17)5-13(22)21-15(18)19/h2-4,6-7H,5H2,1H3,(H4,18,19,21,22). The third-order valence-corrected chi connectivity index (χ3v) is 3.81. The van der Waals surface area contributed by atoms with E-state index in [4.69, 9.17) is 39.4 Å². The van der Waals surface area contributed by atoms with E-state index in [-0.39, 0.29) is 12.4 Å². The normalized spacial score (nSPS) is 10.2. The van der Waals surface area contributed by atoms with Crippen LogP contribution in [0.3, 0.4) is 0 Å². The fourth-order valence-electron chi connectivity index (χ4n) is 2.00. The molecule has 4 N–H and O–H groups in total. The first kappa shape index (κ1) is 17.1. The average molecular weight is 353 g/mol. The first-order valence-corrected chi connectivity index (χ1v) is 7.26. The van der Waals surface area contributed by atoms with Gasteiger partial charge in [0.1, 0.15) is 5.75 Å². The molecule has 1 heterocycles. The number of amides is 1. The lowest BCUT2D eigenvalue weighted by atomic mass is 10.0. The number of benzene rings is 1. The zero-order valence-corrected chi connectivity index (χ0v) is 13.7. The van der Waals surface area contributed by atoms with E-state index in [1.54, 1.807) is 37.7 Å². The van der Waals surface area contributed by atoms with Crippen LogP contribution in [0.4, 0.5) is 0 Å². The van der Waals surface area contributed by atoms with Crippen LogP contribution in [0, 0.1) is 0 Å². The largest absolute Gasteiger partial charge is 0.495 e. The molecule has 0 spiro atoms. The molecule has 1 aromatic heterocycles. The molecule has 1 aromatic carbocycles. The van der Waals surface area contributed by atoms with Crippen LogP contribution in [-0.2, 0) is 11.2 Å². The van der Waals surface area contributed by atoms with Gasteiger partial charge in [0.2, 0.25) is 0 Å². The van der Waals surface area contributed by atoms with E-state index in [0.717, 1.165) is 5.56 Å². The van der Waals surface area contributed by atoms with E-state index >= 15 is 0 Å². The van der Waals surface area contributed by atoms with Crippen LogP contribution in [-0.4, -0.2) is 24.0 Å². The Morgan fingerprint density at radius 3 is 2.70 bits per heavy atom. The number of halogens is 2. The van der Waals surface area contributed by atoms with Gasteiger partial charge in [0, 0.05) is 22.3 Å². The molecule has 8 heteroatoms. The van der Waals surface area contributed by atoms with Crippen molar-refractivity contribution in [1.82, 2.24) is 4.98 Å². The van der Waals surface area contributed by atoms with Gasteiger partial charge in [0.25, 0.3) is 5.91 Å². The number of methoxy groups -OCH3 is 1. The van der Waals surface area contributed by atoms with Gasteiger partial charge in [-0.2, -0.15) is 4.99 Å². The Hall–Kier alpha value is -2.31. The van der Waals surface area contributed by atoms with Gasteiger partial charge in [-0.25, -0.2) is 0 Å². The number of aromatic nitrogens is 1. The smallest absolute Gasteiger partial charge is 0.253 e. The van der Waals surface area contributed by atoms with Crippen molar-refractivity contribution in [2.45, 2.75) is 6.42 Å². The molecule has 0 bridgehead atoms. The molecule has 0 aliphatic rings. The summed E-state index contributed by atoms with van der Waals surface area (Å²) in [7, 11) is 1.55. The van der Waals surface area contributed by atoms with E-state index in [0.29, 0.717) is 26.9 Å². The molecule has 2 rings (SSSR count). The zero-order chi connectivity index (χ0) is 17.0. The van der Waals surface area contributed by atoms with Crippen LogP contribution in [0.1, 0.15) is 5.56 Å². The molecule has 0 radical (unpaired) electrons. The number of nitrogens with zero attached hydrogens (tertiary/aromatic N) is 2. The Kier molecular flexibility index (Phi) is 5.41. The minimum atomic E-state index is -0.533. The number of aliphatic imine (C=N–C) groups is 1. The van der Waals surface area contributed by atoms with Crippen molar-refractivity contribution in [3.8, 4) is 16.9 Å². The molecule has 1 amide bonds. The van der Waals surface area contributed by atoms with Crippen molar-refractivity contribution >= 4 is 35.1 Å². The molecule has 0 atom stereocenters. The van der Waals surface area contributed by atoms with Crippen molar-refractivity contribution in [2.24, 2.45) is 16.5 Å². The monoisotopic (exact) mass is 352 g/mol. The Balaban J connectivity index is 2.46. The lowest BCUT2D eigenvalue weighted by molar-refractivity contribution is -0.117. The molecule has 0 saturated heterocycles. The predicted molar refractivity (Wildman–Crippen MR) is 90.8 cm³/mol. The lowest BCUT2D eigenvalue weighted by Gasteiger charge is -2.11. The molecule has 0 aliphatic carbocycles. The van der Waals surface area contributed by atoms with Crippen LogP contribution in [0.5, 0.6) is 5.75 Å². The van der Waals surface area contributed by atoms with Gasteiger partial charge in [0.15, 0.2) is 5.96 Å². The molecule has 0 fully saturated rings. The van der Waals surface area contributed by atoms with Gasteiger partial charge in [-0.05, 0) is 17.7 Å². The SMILES string of the molecule is COc1cncc(-c2ccc(Cl)c(CC(=O)N=C(N)N)c2Cl)c1. The molecule has 0 unspecified atom stereocenters. The number of nitrogens with two attached hydrogens (primary N) is 2. The van der Waals surface area contributed by atoms with Gasteiger partial charge in [-0.15, -0.1) is 0 Å². The summed E-state index contributed by atoms with van der Waals surface area (Å²) in [5.74, 6) is -0.253. The molecular weight excluding hydrogens is 339 g/mol. The summed E-state index contributed by atoms with van der Waals surface area (Å²) in [4.78, 5) is 19.3. The van der Waals surface area contributed by atoms with E-state index in [1.165, 1.54) is 0 Å². The molecule has 0 aliphatic heterocycles. The van der Waals surface area contributed by atoms with Gasteiger partial charge < -0.3 is 16.2 Å². The Labute approximate surface area is 143 Å². The highest BCUT2D eigenvalue weighted by Crippen LogP contribution is 2.36. The van der Waals surface area contributed by atoms with Gasteiger partial charge >= 0.3 is 0 Å². The number of carbonyl (C=O) groups excluding carboxylic acids is 1. The molecular formula is C15H14Cl2N4O2. The minimum absolute atomic E-state index is 0.110. The molecule has 23 heavy (non-hydrogen) atoms. The summed E-state index contributed by atoms with van der Waals surface area (Å²) >= 11 is 12.5. The minimum Gasteiger partial charge on any atom is -0.495 e. The van der Waals surface area contributed by atoms with Crippen LogP contribution in [0.15, 0.2) is 35.6 Å². The molecule has 2 aromatic rings.